The molecule has 0 saturated heterocycles. The summed E-state index contributed by atoms with van der Waals surface area (Å²) >= 11 is 3.62. The Hall–Kier alpha value is -5.23. The van der Waals surface area contributed by atoms with Gasteiger partial charge in [0.15, 0.2) is 0 Å². The van der Waals surface area contributed by atoms with Crippen molar-refractivity contribution in [2.24, 2.45) is 17.8 Å². The molecule has 0 aliphatic heterocycles. The van der Waals surface area contributed by atoms with E-state index in [0.29, 0.717) is 89.5 Å². The smallest absolute Gasteiger partial charge is 0.419 e. The van der Waals surface area contributed by atoms with Gasteiger partial charge in [-0.25, -0.2) is 0 Å². The molecule has 5 N–H and O–H groups in total. The molecule has 0 radical (unpaired) electrons. The number of phenolic OH excluding ortho intramolecular Hbond substituents is 5. The summed E-state index contributed by atoms with van der Waals surface area (Å²) < 4.78 is 39.8. The van der Waals surface area contributed by atoms with E-state index in [4.69, 9.17) is 0 Å². The van der Waals surface area contributed by atoms with Gasteiger partial charge < -0.3 is 54.9 Å². The molecular formula is C111H185BrF3N11O5. The van der Waals surface area contributed by atoms with Crippen LogP contribution < -0.4 is 4.90 Å². The second-order valence-electron chi connectivity index (χ2n) is 47.2. The van der Waals surface area contributed by atoms with Gasteiger partial charge in [0, 0.05) is 162 Å². The maximum absolute atomic E-state index is 12.9. The van der Waals surface area contributed by atoms with Crippen LogP contribution in [0.25, 0.3) is 0 Å². The van der Waals surface area contributed by atoms with Gasteiger partial charge in [0.2, 0.25) is 0 Å². The standard InChI is InChI=1S/C27H42N2O.C24H42N2O.C22H39N3O.C20H33BrN2O.C17H25F3N2O.CH4/c1-18-9-22(17-29(4)25-8-6-5-7-24(25)28(2)3)26(30)23(10-18)27-14-19-11-20(15-27)13-21(12-19)16-27;1-23(2,3)18-14-17(22(27)19(15-18)24(4,5)6)16-26(9)21-13-11-10-12-20(21)25(7)8;1-22(2,3)18-14-17(23(4)5)13-16(21(18)26)15-25(8)20-12-10-9-11-19(20)24(6)7;1-20(2,3)16-12-15(21)11-14(19(16)24)13-23(6)18-10-8-7-9-17(18)22(4)5;1-21(2)14-9-4-5-10-15(14)22(3)11-12-7-6-8-13(16(12)23)17(18,19)20;/h9-10,19-21,24-25,30H,5-8,11-17H2,1-4H3;14-15,20-21,27H,10-13,16H2,1-9H3;13-14,19-20,26H,9-12,15H2,1-8H3;11-12,17-18,24H,7-10,13H2,1-6H3;6-8,14-15,23H,4-5,9-11H2,1-3H3;1H4/t19?,20?,21?,24-,25-,27?;20-,21-;19-,20-;17-,18-;14-,15-;/m11111./s1. The molecule has 0 spiro atoms. The van der Waals surface area contributed by atoms with Gasteiger partial charge >= 0.3 is 6.18 Å². The van der Waals surface area contributed by atoms with E-state index in [1.54, 1.807) is 6.07 Å². The molecule has 0 unspecified atom stereocenters. The lowest BCUT2D eigenvalue weighted by Crippen LogP contribution is -2.49. The third-order valence-corrected chi connectivity index (χ3v) is 31.9. The highest BCUT2D eigenvalue weighted by molar-refractivity contribution is 9.10. The first-order valence-electron chi connectivity index (χ1n) is 50.0. The average molecular weight is 1890 g/mol. The van der Waals surface area contributed by atoms with Gasteiger partial charge in [-0.3, -0.25) is 24.5 Å². The Morgan fingerprint density at radius 2 is 0.611 bits per heavy atom. The molecule has 10 atom stereocenters. The molecule has 16 nitrogen and oxygen atoms in total. The lowest BCUT2D eigenvalue weighted by molar-refractivity contribution is -0.138. The van der Waals surface area contributed by atoms with Gasteiger partial charge in [-0.2, -0.15) is 13.2 Å². The first-order valence-corrected chi connectivity index (χ1v) is 50.8. The minimum Gasteiger partial charge on any atom is -0.507 e. The highest BCUT2D eigenvalue weighted by Crippen LogP contribution is 2.62. The van der Waals surface area contributed by atoms with E-state index in [2.05, 4.69) is 301 Å². The number of anilines is 1. The summed E-state index contributed by atoms with van der Waals surface area (Å²) in [7, 11) is 36.7. The molecule has 4 bridgehead atoms. The minimum atomic E-state index is -4.53. The van der Waals surface area contributed by atoms with Crippen LogP contribution in [0.15, 0.2) is 71.2 Å². The van der Waals surface area contributed by atoms with Crippen molar-refractivity contribution in [2.75, 3.05) is 125 Å². The predicted octanol–water partition coefficient (Wildman–Crippen LogP) is 23.9. The minimum absolute atomic E-state index is 0. The van der Waals surface area contributed by atoms with Crippen LogP contribution in [0.2, 0.25) is 0 Å². The van der Waals surface area contributed by atoms with Crippen molar-refractivity contribution in [1.82, 2.24) is 49.0 Å². The van der Waals surface area contributed by atoms with Gasteiger partial charge in [0.1, 0.15) is 28.7 Å². The molecule has 0 amide bonds. The normalized spacial score (nSPS) is 25.6. The molecule has 131 heavy (non-hydrogen) atoms. The summed E-state index contributed by atoms with van der Waals surface area (Å²) in [6.45, 7) is 32.0. The van der Waals surface area contributed by atoms with E-state index >= 15 is 0 Å². The molecule has 20 heteroatoms. The zero-order chi connectivity index (χ0) is 96.5. The number of hydrogen-bond acceptors (Lipinski definition) is 16. The number of nitrogens with zero attached hydrogens (tertiary/aromatic N) is 11. The van der Waals surface area contributed by atoms with E-state index in [1.165, 1.54) is 170 Å². The van der Waals surface area contributed by atoms with Crippen molar-refractivity contribution >= 4 is 21.6 Å². The molecule has 5 aromatic carbocycles. The Balaban J connectivity index is 0.000000202. The Labute approximate surface area is 804 Å². The van der Waals surface area contributed by atoms with E-state index in [0.717, 1.165) is 118 Å². The number of para-hydroxylation sites is 1. The Bertz CT molecular complexity index is 4370. The van der Waals surface area contributed by atoms with Crippen molar-refractivity contribution in [2.45, 2.75) is 391 Å². The zero-order valence-electron chi connectivity index (χ0n) is 86.9. The van der Waals surface area contributed by atoms with Gasteiger partial charge in [-0.15, -0.1) is 0 Å². The van der Waals surface area contributed by atoms with E-state index < -0.39 is 17.5 Å². The van der Waals surface area contributed by atoms with Crippen LogP contribution in [-0.2, 0) is 66.0 Å². The van der Waals surface area contributed by atoms with Crippen LogP contribution in [-0.4, -0.2) is 255 Å². The van der Waals surface area contributed by atoms with Gasteiger partial charge in [0.25, 0.3) is 0 Å². The van der Waals surface area contributed by atoms with Crippen LogP contribution >= 0.6 is 15.9 Å². The van der Waals surface area contributed by atoms with Gasteiger partial charge in [-0.05, 0) is 302 Å². The SMILES string of the molecule is C.CN(C)[C@@H]1CCCC[C@H]1N(C)Cc1cc(Br)cc(C(C)(C)C)c1O.CN(C)[C@@H]1CCCC[C@H]1N(C)Cc1cc(C(C)(C)C)cc(C(C)(C)C)c1O.CN(C)[C@@H]1CCCC[C@H]1N(C)Cc1cccc(C(F)(F)F)c1O.CN(C)c1cc(CN(C)[C@@H]2CCCC[C@H]2N(C)C)c(O)c(C(C)(C)C)c1.Cc1cc(CN(C)[C@@H]2CCCC[C@H]2N(C)C)c(O)c(C23CC4CC(CC(C4)C2)C3)c1. The van der Waals surface area contributed by atoms with Crippen molar-refractivity contribution in [3.8, 4) is 28.7 Å². The van der Waals surface area contributed by atoms with E-state index in [-0.39, 0.29) is 40.5 Å². The fraction of sp³-hybridized carbons (Fsp3) is 0.730. The summed E-state index contributed by atoms with van der Waals surface area (Å²) in [5.74, 6) is 4.11. The number of halogens is 4. The quantitative estimate of drug-likeness (QED) is 0.0449. The predicted molar refractivity (Wildman–Crippen MR) is 550 cm³/mol. The molecule has 9 fully saturated rings. The van der Waals surface area contributed by atoms with Crippen LogP contribution in [0.3, 0.4) is 0 Å². The average Bonchev–Trinajstić information content (AvgIpc) is 0.724. The number of aromatic hydroxyl groups is 5. The third-order valence-electron chi connectivity index (χ3n) is 31.4. The van der Waals surface area contributed by atoms with Crippen LogP contribution in [0.1, 0.15) is 324 Å². The number of aryl methyl sites for hydroxylation is 1. The van der Waals surface area contributed by atoms with Crippen molar-refractivity contribution < 1.29 is 38.7 Å². The number of phenols is 5. The molecule has 9 aliphatic rings. The molecule has 0 aromatic heterocycles. The number of benzene rings is 5. The number of likely N-dealkylation sites (N-methyl/N-ethyl adjacent to an activating group) is 10. The highest BCUT2D eigenvalue weighted by Gasteiger charge is 2.53. The van der Waals surface area contributed by atoms with Gasteiger partial charge in [0.05, 0.1) is 5.56 Å². The molecule has 742 valence electrons. The number of alkyl halides is 3. The van der Waals surface area contributed by atoms with Crippen molar-refractivity contribution in [1.29, 1.82) is 0 Å². The fourth-order valence-corrected chi connectivity index (χ4v) is 25.0. The number of hydrogen-bond donors (Lipinski definition) is 5. The van der Waals surface area contributed by atoms with Crippen LogP contribution in [0, 0.1) is 24.7 Å². The Morgan fingerprint density at radius 1 is 0.328 bits per heavy atom. The number of rotatable bonds is 22. The molecule has 9 saturated carbocycles. The summed E-state index contributed by atoms with van der Waals surface area (Å²) in [5, 5.41) is 54.5. The molecule has 5 aromatic rings. The molecule has 14 rings (SSSR count). The summed E-state index contributed by atoms with van der Waals surface area (Å²) in [6, 6.07) is 26.6. The maximum Gasteiger partial charge on any atom is 0.419 e. The van der Waals surface area contributed by atoms with Crippen LogP contribution in [0.5, 0.6) is 28.7 Å². The first kappa shape index (κ1) is 111. The summed E-state index contributed by atoms with van der Waals surface area (Å²) in [5.41, 5.74) is 11.9. The van der Waals surface area contributed by atoms with Gasteiger partial charge in [-0.1, -0.05) is 213 Å². The lowest BCUT2D eigenvalue weighted by atomic mass is 9.48. The zero-order valence-corrected chi connectivity index (χ0v) is 88.5. The maximum atomic E-state index is 12.9. The largest absolute Gasteiger partial charge is 0.507 e. The summed E-state index contributed by atoms with van der Waals surface area (Å²) in [4.78, 5) is 25.8. The Morgan fingerprint density at radius 3 is 0.916 bits per heavy atom. The first-order chi connectivity index (χ1) is 60.5. The van der Waals surface area contributed by atoms with Crippen molar-refractivity contribution in [3.63, 3.8) is 0 Å². The Kier molecular flexibility index (Phi) is 39.8. The second kappa shape index (κ2) is 46.9. The fourth-order valence-electron chi connectivity index (χ4n) is 24.5. The topological polar surface area (TPSA) is 137 Å². The van der Waals surface area contributed by atoms with Crippen LogP contribution in [0.4, 0.5) is 18.9 Å². The van der Waals surface area contributed by atoms with E-state index in [9.17, 15) is 38.7 Å². The van der Waals surface area contributed by atoms with Crippen molar-refractivity contribution in [3.05, 3.63) is 138 Å². The summed E-state index contributed by atoms with van der Waals surface area (Å²) in [6.07, 6.45) is 28.8. The second-order valence-corrected chi connectivity index (χ2v) is 48.1. The lowest BCUT2D eigenvalue weighted by Gasteiger charge is -2.57. The third kappa shape index (κ3) is 29.0. The molecule has 0 heterocycles. The van der Waals surface area contributed by atoms with E-state index in [1.807, 2.05) is 27.2 Å². The highest BCUT2D eigenvalue weighted by atomic mass is 79.9. The molecule has 9 aliphatic carbocycles. The monoisotopic (exact) mass is 1890 g/mol. The molecular weight excluding hydrogens is 1700 g/mol.